The highest BCUT2D eigenvalue weighted by atomic mass is 79.9. The predicted molar refractivity (Wildman–Crippen MR) is 56.4 cm³/mol. The third kappa shape index (κ3) is 2.47. The van der Waals surface area contributed by atoms with Crippen LogP contribution in [0.3, 0.4) is 0 Å². The lowest BCUT2D eigenvalue weighted by Gasteiger charge is -2.06. The molecule has 1 aromatic carbocycles. The van der Waals surface area contributed by atoms with Gasteiger partial charge in [-0.05, 0) is 29.6 Å². The van der Waals surface area contributed by atoms with E-state index in [0.717, 1.165) is 15.6 Å². The molecule has 3 nitrogen and oxygen atoms in total. The Hall–Kier alpha value is -0.990. The van der Waals surface area contributed by atoms with Crippen molar-refractivity contribution in [2.75, 3.05) is 0 Å². The van der Waals surface area contributed by atoms with Crippen LogP contribution in [0.1, 0.15) is 24.1 Å². The molecule has 0 unspecified atom stereocenters. The van der Waals surface area contributed by atoms with E-state index in [1.165, 1.54) is 0 Å². The molecule has 0 aromatic heterocycles. The van der Waals surface area contributed by atoms with Crippen LogP contribution in [0.2, 0.25) is 0 Å². The van der Waals surface area contributed by atoms with E-state index in [-0.39, 0.29) is 6.04 Å². The third-order valence-corrected chi connectivity index (χ3v) is 2.78. The van der Waals surface area contributed by atoms with Crippen LogP contribution in [0.4, 0.5) is 0 Å². The lowest BCUT2D eigenvalue weighted by atomic mass is 10.1. The summed E-state index contributed by atoms with van der Waals surface area (Å²) in [6.07, 6.45) is 0. The minimum Gasteiger partial charge on any atom is -0.0862 e. The Labute approximate surface area is 85.5 Å². The van der Waals surface area contributed by atoms with E-state index in [4.69, 9.17) is 5.53 Å². The maximum atomic E-state index is 8.27. The van der Waals surface area contributed by atoms with Gasteiger partial charge in [0, 0.05) is 9.38 Å². The second kappa shape index (κ2) is 4.30. The molecule has 68 valence electrons. The second-order valence-corrected chi connectivity index (χ2v) is 3.74. The van der Waals surface area contributed by atoms with Crippen LogP contribution in [-0.4, -0.2) is 0 Å². The molecule has 0 saturated heterocycles. The van der Waals surface area contributed by atoms with Gasteiger partial charge in [0.15, 0.2) is 0 Å². The summed E-state index contributed by atoms with van der Waals surface area (Å²) in [5, 5.41) is 3.63. The molecule has 0 fully saturated rings. The van der Waals surface area contributed by atoms with E-state index in [1.54, 1.807) is 0 Å². The highest BCUT2D eigenvalue weighted by molar-refractivity contribution is 9.10. The molecule has 0 spiro atoms. The van der Waals surface area contributed by atoms with E-state index in [0.29, 0.717) is 0 Å². The molecule has 1 aromatic rings. The number of aryl methyl sites for hydroxylation is 1. The van der Waals surface area contributed by atoms with Crippen LogP contribution >= 0.6 is 15.9 Å². The lowest BCUT2D eigenvalue weighted by molar-refractivity contribution is 0.806. The van der Waals surface area contributed by atoms with E-state index in [9.17, 15) is 0 Å². The van der Waals surface area contributed by atoms with Crippen molar-refractivity contribution in [1.82, 2.24) is 0 Å². The largest absolute Gasteiger partial charge is 0.0862 e. The number of rotatable bonds is 2. The standard InChI is InChI=1S/C9H10BrN3/c1-6-5-8(3-4-9(6)10)7(2)12-13-11/h3-5,7H,1-2H3/t7-/m0/s1. The molecule has 0 saturated carbocycles. The Kier molecular flexibility index (Phi) is 3.34. The van der Waals surface area contributed by atoms with Gasteiger partial charge in [-0.2, -0.15) is 0 Å². The number of benzene rings is 1. The smallest absolute Gasteiger partial charge is 0.0597 e. The SMILES string of the molecule is Cc1cc([C@H](C)N=[N+]=[N-])ccc1Br. The maximum absolute atomic E-state index is 8.27. The minimum absolute atomic E-state index is 0.100. The molecule has 1 atom stereocenters. The van der Waals surface area contributed by atoms with Gasteiger partial charge >= 0.3 is 0 Å². The fourth-order valence-corrected chi connectivity index (χ4v) is 1.32. The first kappa shape index (κ1) is 10.1. The van der Waals surface area contributed by atoms with Crippen LogP contribution in [0.25, 0.3) is 10.4 Å². The Morgan fingerprint density at radius 3 is 2.77 bits per heavy atom. The predicted octanol–water partition coefficient (Wildman–Crippen LogP) is 4.13. The van der Waals surface area contributed by atoms with Gasteiger partial charge in [0.2, 0.25) is 0 Å². The molecular weight excluding hydrogens is 230 g/mol. The highest BCUT2D eigenvalue weighted by Gasteiger charge is 2.03. The van der Waals surface area contributed by atoms with E-state index in [2.05, 4.69) is 26.0 Å². The first-order valence-electron chi connectivity index (χ1n) is 3.95. The maximum Gasteiger partial charge on any atom is 0.0597 e. The molecule has 4 heteroatoms. The van der Waals surface area contributed by atoms with Crippen LogP contribution in [-0.2, 0) is 0 Å². The topological polar surface area (TPSA) is 48.8 Å². The number of hydrogen-bond donors (Lipinski definition) is 0. The van der Waals surface area contributed by atoms with Crippen molar-refractivity contribution in [1.29, 1.82) is 0 Å². The van der Waals surface area contributed by atoms with Crippen molar-refractivity contribution >= 4 is 15.9 Å². The minimum atomic E-state index is -0.100. The van der Waals surface area contributed by atoms with E-state index < -0.39 is 0 Å². The number of hydrogen-bond acceptors (Lipinski definition) is 1. The zero-order chi connectivity index (χ0) is 9.84. The van der Waals surface area contributed by atoms with Gasteiger partial charge < -0.3 is 0 Å². The van der Waals surface area contributed by atoms with E-state index >= 15 is 0 Å². The summed E-state index contributed by atoms with van der Waals surface area (Å²) in [4.78, 5) is 2.78. The van der Waals surface area contributed by atoms with Crippen molar-refractivity contribution < 1.29 is 0 Å². The van der Waals surface area contributed by atoms with Crippen molar-refractivity contribution in [3.05, 3.63) is 44.2 Å². The Balaban J connectivity index is 3.03. The first-order valence-corrected chi connectivity index (χ1v) is 4.74. The fourth-order valence-electron chi connectivity index (χ4n) is 1.07. The summed E-state index contributed by atoms with van der Waals surface area (Å²) in [5.41, 5.74) is 10.5. The van der Waals surface area contributed by atoms with Gasteiger partial charge in [0.25, 0.3) is 0 Å². The van der Waals surface area contributed by atoms with Crippen molar-refractivity contribution in [3.63, 3.8) is 0 Å². The average Bonchev–Trinajstić information content (AvgIpc) is 2.10. The van der Waals surface area contributed by atoms with Gasteiger partial charge in [0.1, 0.15) is 0 Å². The first-order chi connectivity index (χ1) is 6.15. The molecule has 0 heterocycles. The summed E-state index contributed by atoms with van der Waals surface area (Å²) >= 11 is 3.41. The summed E-state index contributed by atoms with van der Waals surface area (Å²) in [6, 6.07) is 5.84. The molecule has 0 N–H and O–H groups in total. The monoisotopic (exact) mass is 239 g/mol. The molecule has 0 aliphatic rings. The molecule has 0 radical (unpaired) electrons. The molecule has 0 aliphatic heterocycles. The van der Waals surface area contributed by atoms with Gasteiger partial charge in [-0.1, -0.05) is 40.1 Å². The van der Waals surface area contributed by atoms with E-state index in [1.807, 2.05) is 32.0 Å². The molecule has 0 amide bonds. The Bertz CT molecular complexity index is 356. The zero-order valence-electron chi connectivity index (χ0n) is 7.53. The van der Waals surface area contributed by atoms with Gasteiger partial charge in [-0.3, -0.25) is 0 Å². The normalized spacial score (nSPS) is 11.9. The number of nitrogens with zero attached hydrogens (tertiary/aromatic N) is 3. The molecular formula is C9H10BrN3. The van der Waals surface area contributed by atoms with Crippen LogP contribution in [0.5, 0.6) is 0 Å². The summed E-state index contributed by atoms with van der Waals surface area (Å²) in [5.74, 6) is 0. The van der Waals surface area contributed by atoms with Crippen LogP contribution < -0.4 is 0 Å². The zero-order valence-corrected chi connectivity index (χ0v) is 9.12. The number of azide groups is 1. The summed E-state index contributed by atoms with van der Waals surface area (Å²) in [6.45, 7) is 3.89. The molecule has 0 aliphatic carbocycles. The molecule has 0 bridgehead atoms. The fraction of sp³-hybridized carbons (Fsp3) is 0.333. The molecule has 1 rings (SSSR count). The van der Waals surface area contributed by atoms with Crippen LogP contribution in [0, 0.1) is 6.92 Å². The third-order valence-electron chi connectivity index (χ3n) is 1.89. The van der Waals surface area contributed by atoms with Crippen LogP contribution in [0.15, 0.2) is 27.8 Å². The second-order valence-electron chi connectivity index (χ2n) is 2.89. The number of halogens is 1. The van der Waals surface area contributed by atoms with Gasteiger partial charge in [-0.25, -0.2) is 0 Å². The van der Waals surface area contributed by atoms with Gasteiger partial charge in [-0.15, -0.1) is 0 Å². The average molecular weight is 240 g/mol. The summed E-state index contributed by atoms with van der Waals surface area (Å²) in [7, 11) is 0. The van der Waals surface area contributed by atoms with Crippen molar-refractivity contribution in [2.45, 2.75) is 19.9 Å². The van der Waals surface area contributed by atoms with Crippen molar-refractivity contribution in [3.8, 4) is 0 Å². The Morgan fingerprint density at radius 2 is 2.23 bits per heavy atom. The highest BCUT2D eigenvalue weighted by Crippen LogP contribution is 2.22. The summed E-state index contributed by atoms with van der Waals surface area (Å²) < 4.78 is 1.07. The van der Waals surface area contributed by atoms with Gasteiger partial charge in [0.05, 0.1) is 6.04 Å². The Morgan fingerprint density at radius 1 is 1.54 bits per heavy atom. The lowest BCUT2D eigenvalue weighted by Crippen LogP contribution is -1.89. The quantitative estimate of drug-likeness (QED) is 0.424. The van der Waals surface area contributed by atoms with Crippen molar-refractivity contribution in [2.24, 2.45) is 5.11 Å². The molecule has 13 heavy (non-hydrogen) atoms.